The van der Waals surface area contributed by atoms with Gasteiger partial charge in [-0.2, -0.15) is 17.6 Å². The average Bonchev–Trinajstić information content (AvgIpc) is 3.51. The second-order valence-corrected chi connectivity index (χ2v) is 11.1. The van der Waals surface area contributed by atoms with Gasteiger partial charge in [0.1, 0.15) is 0 Å². The predicted molar refractivity (Wildman–Crippen MR) is 158 cm³/mol. The molecule has 1 aliphatic rings. The monoisotopic (exact) mass is 617 g/mol. The summed E-state index contributed by atoms with van der Waals surface area (Å²) in [5.74, 6) is -1.27. The number of anilines is 1. The Morgan fingerprint density at radius 1 is 0.978 bits per heavy atom. The number of alkyl halides is 3. The molecule has 0 fully saturated rings. The third-order valence-corrected chi connectivity index (χ3v) is 7.90. The van der Waals surface area contributed by atoms with Gasteiger partial charge in [0.15, 0.2) is 5.69 Å². The molecule has 0 spiro atoms. The van der Waals surface area contributed by atoms with Crippen LogP contribution in [-0.2, 0) is 11.0 Å². The number of amides is 1. The minimum Gasteiger partial charge on any atom is -0.324 e. The highest BCUT2D eigenvalue weighted by atomic mass is 19.4. The molecule has 3 aromatic heterocycles. The predicted octanol–water partition coefficient (Wildman–Crippen LogP) is 6.37. The Hall–Kier alpha value is -5.20. The number of pyridine rings is 1. The molecule has 0 radical (unpaired) electrons. The topological polar surface area (TPSA) is 108 Å². The molecule has 4 heterocycles. The van der Waals surface area contributed by atoms with Gasteiger partial charge in [0, 0.05) is 29.2 Å². The second kappa shape index (κ2) is 11.7. The number of carbonyl (C=O) groups is 1. The summed E-state index contributed by atoms with van der Waals surface area (Å²) in [7, 11) is 0. The van der Waals surface area contributed by atoms with Gasteiger partial charge in [0.2, 0.25) is 11.9 Å². The lowest BCUT2D eigenvalue weighted by Crippen LogP contribution is -2.26. The van der Waals surface area contributed by atoms with Gasteiger partial charge in [-0.05, 0) is 49.1 Å². The summed E-state index contributed by atoms with van der Waals surface area (Å²) in [5.41, 5.74) is 2.47. The highest BCUT2D eigenvalue weighted by molar-refractivity contribution is 5.96. The van der Waals surface area contributed by atoms with E-state index in [0.29, 0.717) is 41.6 Å². The van der Waals surface area contributed by atoms with Crippen LogP contribution in [0.2, 0.25) is 0 Å². The largest absolute Gasteiger partial charge is 0.436 e. The van der Waals surface area contributed by atoms with Crippen LogP contribution in [0.4, 0.5) is 23.2 Å². The Balaban J connectivity index is 1.42. The van der Waals surface area contributed by atoms with Crippen LogP contribution in [-0.4, -0.2) is 35.4 Å². The van der Waals surface area contributed by atoms with Gasteiger partial charge in [-0.1, -0.05) is 48.4 Å². The van der Waals surface area contributed by atoms with Gasteiger partial charge < -0.3 is 5.32 Å². The fourth-order valence-corrected chi connectivity index (χ4v) is 5.51. The van der Waals surface area contributed by atoms with E-state index < -0.39 is 23.9 Å². The zero-order valence-electron chi connectivity index (χ0n) is 24.2. The van der Waals surface area contributed by atoms with E-state index in [-0.39, 0.29) is 28.8 Å². The third kappa shape index (κ3) is 6.10. The van der Waals surface area contributed by atoms with Crippen LogP contribution in [0.25, 0.3) is 28.1 Å². The molecule has 9 nitrogen and oxygen atoms in total. The Labute approximate surface area is 254 Å². The zero-order valence-corrected chi connectivity index (χ0v) is 24.2. The second-order valence-electron chi connectivity index (χ2n) is 11.1. The minimum absolute atomic E-state index is 0.218. The smallest absolute Gasteiger partial charge is 0.324 e. The van der Waals surface area contributed by atoms with Crippen LogP contribution in [0.3, 0.4) is 0 Å². The van der Waals surface area contributed by atoms with Crippen molar-refractivity contribution in [2.24, 2.45) is 5.92 Å². The van der Waals surface area contributed by atoms with Gasteiger partial charge in [-0.25, -0.2) is 14.6 Å². The van der Waals surface area contributed by atoms with E-state index in [1.54, 1.807) is 37.3 Å². The molecule has 5 aromatic rings. The lowest BCUT2D eigenvalue weighted by Gasteiger charge is -2.23. The van der Waals surface area contributed by atoms with Gasteiger partial charge >= 0.3 is 6.18 Å². The number of nitrogens with zero attached hydrogens (tertiary/aromatic N) is 6. The normalized spacial score (nSPS) is 17.2. The first kappa shape index (κ1) is 29.9. The van der Waals surface area contributed by atoms with E-state index in [1.807, 2.05) is 19.1 Å². The van der Waals surface area contributed by atoms with Crippen LogP contribution in [0.1, 0.15) is 49.0 Å². The van der Waals surface area contributed by atoms with Crippen molar-refractivity contribution < 1.29 is 22.4 Å². The fraction of sp³-hybridized carbons (Fsp3) is 0.250. The number of carbonyl (C=O) groups excluding carboxylic acids is 1. The summed E-state index contributed by atoms with van der Waals surface area (Å²) >= 11 is 0. The van der Waals surface area contributed by atoms with Crippen LogP contribution in [0.5, 0.6) is 0 Å². The minimum atomic E-state index is -4.67. The molecule has 1 N–H and O–H groups in total. The number of nitrogens with one attached hydrogen (secondary N) is 1. The average molecular weight is 618 g/mol. The number of hydrogen-bond donors (Lipinski definition) is 1. The number of rotatable bonds is 3. The maximum atomic E-state index is 14.2. The first-order valence-corrected chi connectivity index (χ1v) is 14.2. The molecule has 0 saturated carbocycles. The molecular weight excluding hydrogens is 590 g/mol. The molecule has 2 aromatic carbocycles. The molecule has 0 aliphatic carbocycles. The van der Waals surface area contributed by atoms with Gasteiger partial charge in [0.05, 0.1) is 41.8 Å². The molecule has 1 amide bonds. The molecule has 0 unspecified atom stereocenters. The molecular formula is C32H27F4N7O2. The van der Waals surface area contributed by atoms with Gasteiger partial charge in [-0.15, -0.1) is 5.10 Å². The molecule has 0 saturated heterocycles. The Morgan fingerprint density at radius 3 is 2.56 bits per heavy atom. The van der Waals surface area contributed by atoms with E-state index in [2.05, 4.69) is 25.6 Å². The molecule has 6 rings (SSSR count). The van der Waals surface area contributed by atoms with Crippen molar-refractivity contribution in [2.75, 3.05) is 5.32 Å². The van der Waals surface area contributed by atoms with Crippen molar-refractivity contribution in [3.8, 4) is 28.1 Å². The standard InChI is InChI=1S/C32H27F4N7O2/c1-18-9-10-27(43-16-28(40-41-43)32(34,35)36)23(11-18)24-14-30(44)42(17-38-24)26-8-3-5-19(2)31(45)39-25-15-37-29(33)13-22(25)20-6-4-7-21(26)12-20/h4,6-7,9-17,19,26H,3,5,8H2,1-2H3,(H,39,45)/t19-,26+/m1/s1. The van der Waals surface area contributed by atoms with Crippen LogP contribution in [0.15, 0.2) is 78.1 Å². The summed E-state index contributed by atoms with van der Waals surface area (Å²) in [6, 6.07) is 14.5. The highest BCUT2D eigenvalue weighted by Gasteiger charge is 2.35. The molecule has 1 aliphatic heterocycles. The Kier molecular flexibility index (Phi) is 7.77. The summed E-state index contributed by atoms with van der Waals surface area (Å²) in [6.07, 6.45) is 0.494. The van der Waals surface area contributed by atoms with Crippen LogP contribution < -0.4 is 10.9 Å². The maximum absolute atomic E-state index is 14.2. The summed E-state index contributed by atoms with van der Waals surface area (Å²) < 4.78 is 56.4. The molecule has 13 heteroatoms. The number of aryl methyl sites for hydroxylation is 1. The first-order valence-electron chi connectivity index (χ1n) is 14.2. The summed E-state index contributed by atoms with van der Waals surface area (Å²) in [5, 5.41) is 9.78. The van der Waals surface area contributed by atoms with Gasteiger partial charge in [0.25, 0.3) is 5.56 Å². The number of halogens is 4. The number of aromatic nitrogens is 6. The quantitative estimate of drug-likeness (QED) is 0.186. The van der Waals surface area contributed by atoms with E-state index in [0.717, 1.165) is 22.0 Å². The molecule has 45 heavy (non-hydrogen) atoms. The third-order valence-electron chi connectivity index (χ3n) is 7.90. The van der Waals surface area contributed by atoms with E-state index in [1.165, 1.54) is 29.2 Å². The number of benzene rings is 2. The number of hydrogen-bond acceptors (Lipinski definition) is 6. The van der Waals surface area contributed by atoms with Crippen molar-refractivity contribution in [2.45, 2.75) is 45.3 Å². The summed E-state index contributed by atoms with van der Waals surface area (Å²) in [4.78, 5) is 34.9. The van der Waals surface area contributed by atoms with E-state index in [9.17, 15) is 27.2 Å². The van der Waals surface area contributed by atoms with E-state index >= 15 is 0 Å². The van der Waals surface area contributed by atoms with Crippen molar-refractivity contribution in [1.29, 1.82) is 0 Å². The molecule has 230 valence electrons. The Morgan fingerprint density at radius 2 is 1.80 bits per heavy atom. The molecule has 2 bridgehead atoms. The first-order chi connectivity index (χ1) is 21.5. The van der Waals surface area contributed by atoms with Crippen LogP contribution >= 0.6 is 0 Å². The lowest BCUT2D eigenvalue weighted by molar-refractivity contribution is -0.141. The zero-order chi connectivity index (χ0) is 31.9. The van der Waals surface area contributed by atoms with Crippen molar-refractivity contribution in [1.82, 2.24) is 29.5 Å². The molecule has 2 atom stereocenters. The fourth-order valence-electron chi connectivity index (χ4n) is 5.51. The lowest BCUT2D eigenvalue weighted by atomic mass is 9.93. The van der Waals surface area contributed by atoms with Crippen molar-refractivity contribution >= 4 is 11.6 Å². The highest BCUT2D eigenvalue weighted by Crippen LogP contribution is 2.34. The van der Waals surface area contributed by atoms with Crippen molar-refractivity contribution in [3.63, 3.8) is 0 Å². The number of fused-ring (bicyclic) bond motifs is 4. The van der Waals surface area contributed by atoms with Crippen LogP contribution in [0, 0.1) is 18.8 Å². The van der Waals surface area contributed by atoms with E-state index in [4.69, 9.17) is 0 Å². The Bertz CT molecular complexity index is 1970. The summed E-state index contributed by atoms with van der Waals surface area (Å²) in [6.45, 7) is 3.62. The SMILES string of the molecule is Cc1ccc(-n2cc(C(F)(F)F)nn2)c(-c2cc(=O)n([C@H]3CCC[C@@H](C)C(=O)Nc4cnc(F)cc4-c4cccc3c4)cn2)c1. The van der Waals surface area contributed by atoms with Gasteiger partial charge in [-0.3, -0.25) is 14.2 Å². The maximum Gasteiger partial charge on any atom is 0.436 e. The van der Waals surface area contributed by atoms with Crippen molar-refractivity contribution in [3.05, 3.63) is 106 Å².